The minimum absolute atomic E-state index is 0.245. The van der Waals surface area contributed by atoms with Gasteiger partial charge in [-0.2, -0.15) is 9.78 Å². The van der Waals surface area contributed by atoms with E-state index in [1.165, 1.54) is 4.68 Å². The zero-order chi connectivity index (χ0) is 19.0. The summed E-state index contributed by atoms with van der Waals surface area (Å²) in [5.41, 5.74) is 3.79. The summed E-state index contributed by atoms with van der Waals surface area (Å²) in [6.07, 6.45) is 4.99. The van der Waals surface area contributed by atoms with Crippen molar-refractivity contribution in [3.63, 3.8) is 0 Å². The molecule has 0 spiro atoms. The number of nitrogens with zero attached hydrogens (tertiary/aromatic N) is 4. The first-order chi connectivity index (χ1) is 13.1. The first-order valence-corrected chi connectivity index (χ1v) is 8.53. The molecule has 6 nitrogen and oxygen atoms in total. The molecular formula is C21H18N4O2. The highest BCUT2D eigenvalue weighted by Crippen LogP contribution is 2.31. The van der Waals surface area contributed by atoms with Gasteiger partial charge in [0.2, 0.25) is 0 Å². The van der Waals surface area contributed by atoms with Crippen molar-refractivity contribution in [1.82, 2.24) is 19.7 Å². The van der Waals surface area contributed by atoms with Crippen molar-refractivity contribution in [3.8, 4) is 22.8 Å². The van der Waals surface area contributed by atoms with E-state index in [0.717, 1.165) is 33.4 Å². The SMILES string of the molecule is COc1cccc(-c2ccc3c(=O)n(-c4ncc(C)cn4)ncc3c2)c1C. The van der Waals surface area contributed by atoms with Gasteiger partial charge in [-0.3, -0.25) is 4.79 Å². The van der Waals surface area contributed by atoms with Crippen LogP contribution in [0.15, 0.2) is 59.8 Å². The summed E-state index contributed by atoms with van der Waals surface area (Å²) < 4.78 is 6.63. The van der Waals surface area contributed by atoms with Crippen LogP contribution in [-0.2, 0) is 0 Å². The van der Waals surface area contributed by atoms with E-state index in [1.54, 1.807) is 25.7 Å². The molecular weight excluding hydrogens is 340 g/mol. The van der Waals surface area contributed by atoms with E-state index in [2.05, 4.69) is 15.1 Å². The number of aryl methyl sites for hydroxylation is 1. The fraction of sp³-hybridized carbons (Fsp3) is 0.143. The predicted octanol–water partition coefficient (Wildman–Crippen LogP) is 3.47. The average molecular weight is 358 g/mol. The monoisotopic (exact) mass is 358 g/mol. The number of hydrogen-bond donors (Lipinski definition) is 0. The summed E-state index contributed by atoms with van der Waals surface area (Å²) in [5.74, 6) is 1.10. The van der Waals surface area contributed by atoms with Gasteiger partial charge in [0, 0.05) is 17.8 Å². The highest BCUT2D eigenvalue weighted by atomic mass is 16.5. The van der Waals surface area contributed by atoms with Gasteiger partial charge in [0.1, 0.15) is 5.75 Å². The molecule has 0 saturated carbocycles. The second kappa shape index (κ2) is 6.64. The Morgan fingerprint density at radius 1 is 1.00 bits per heavy atom. The lowest BCUT2D eigenvalue weighted by atomic mass is 9.98. The minimum atomic E-state index is -0.245. The molecule has 0 radical (unpaired) electrons. The minimum Gasteiger partial charge on any atom is -0.496 e. The summed E-state index contributed by atoms with van der Waals surface area (Å²) in [4.78, 5) is 21.2. The number of ether oxygens (including phenoxy) is 1. The molecule has 0 aliphatic rings. The Balaban J connectivity index is 1.84. The molecule has 4 rings (SSSR count). The molecule has 0 unspecified atom stereocenters. The Hall–Kier alpha value is -3.54. The third kappa shape index (κ3) is 2.95. The standard InChI is InChI=1S/C21H18N4O2/c1-13-10-22-21(23-11-13)25-20(26)18-8-7-15(9-16(18)12-24-25)17-5-4-6-19(27-3)14(17)2/h4-12H,1-3H3. The molecule has 2 aromatic carbocycles. The van der Waals surface area contributed by atoms with Gasteiger partial charge in [-0.05, 0) is 54.3 Å². The Kier molecular flexibility index (Phi) is 4.16. The Labute approximate surface area is 156 Å². The molecule has 0 aliphatic carbocycles. The summed E-state index contributed by atoms with van der Waals surface area (Å²) in [6.45, 7) is 3.91. The van der Waals surface area contributed by atoms with Crippen LogP contribution in [0.25, 0.3) is 27.8 Å². The van der Waals surface area contributed by atoms with E-state index in [9.17, 15) is 4.79 Å². The molecule has 27 heavy (non-hydrogen) atoms. The number of benzene rings is 2. The molecule has 0 bridgehead atoms. The van der Waals surface area contributed by atoms with Crippen LogP contribution in [0.1, 0.15) is 11.1 Å². The fourth-order valence-electron chi connectivity index (χ4n) is 3.10. The molecule has 2 heterocycles. The van der Waals surface area contributed by atoms with Crippen LogP contribution < -0.4 is 10.3 Å². The fourth-order valence-corrected chi connectivity index (χ4v) is 3.10. The molecule has 0 saturated heterocycles. The predicted molar refractivity (Wildman–Crippen MR) is 104 cm³/mol. The van der Waals surface area contributed by atoms with Crippen molar-refractivity contribution >= 4 is 10.8 Å². The topological polar surface area (TPSA) is 69.9 Å². The van der Waals surface area contributed by atoms with Crippen molar-refractivity contribution in [3.05, 3.63) is 76.5 Å². The van der Waals surface area contributed by atoms with Crippen molar-refractivity contribution in [1.29, 1.82) is 0 Å². The number of methoxy groups -OCH3 is 1. The molecule has 0 fully saturated rings. The summed E-state index contributed by atoms with van der Waals surface area (Å²) in [7, 11) is 1.66. The van der Waals surface area contributed by atoms with E-state index in [-0.39, 0.29) is 11.5 Å². The zero-order valence-electron chi connectivity index (χ0n) is 15.3. The third-order valence-electron chi connectivity index (χ3n) is 4.56. The van der Waals surface area contributed by atoms with E-state index in [0.29, 0.717) is 5.39 Å². The molecule has 0 aliphatic heterocycles. The maximum Gasteiger partial charge on any atom is 0.282 e. The zero-order valence-corrected chi connectivity index (χ0v) is 15.3. The Morgan fingerprint density at radius 3 is 2.52 bits per heavy atom. The van der Waals surface area contributed by atoms with Gasteiger partial charge in [0.15, 0.2) is 0 Å². The molecule has 6 heteroatoms. The van der Waals surface area contributed by atoms with Gasteiger partial charge in [-0.25, -0.2) is 9.97 Å². The third-order valence-corrected chi connectivity index (χ3v) is 4.56. The van der Waals surface area contributed by atoms with Gasteiger partial charge in [0.25, 0.3) is 11.5 Å². The Bertz CT molecular complexity index is 1200. The molecule has 2 aromatic heterocycles. The Morgan fingerprint density at radius 2 is 1.78 bits per heavy atom. The van der Waals surface area contributed by atoms with Gasteiger partial charge in [-0.1, -0.05) is 18.2 Å². The van der Waals surface area contributed by atoms with Crippen molar-refractivity contribution in [2.75, 3.05) is 7.11 Å². The van der Waals surface area contributed by atoms with Gasteiger partial charge < -0.3 is 4.74 Å². The molecule has 0 amide bonds. The van der Waals surface area contributed by atoms with Crippen LogP contribution in [0.5, 0.6) is 5.75 Å². The highest BCUT2D eigenvalue weighted by molar-refractivity contribution is 5.87. The number of rotatable bonds is 3. The summed E-state index contributed by atoms with van der Waals surface area (Å²) >= 11 is 0. The lowest BCUT2D eigenvalue weighted by molar-refractivity contribution is 0.412. The maximum atomic E-state index is 12.8. The van der Waals surface area contributed by atoms with Crippen LogP contribution in [0.4, 0.5) is 0 Å². The lowest BCUT2D eigenvalue weighted by Gasteiger charge is -2.11. The largest absolute Gasteiger partial charge is 0.496 e. The van der Waals surface area contributed by atoms with E-state index >= 15 is 0 Å². The van der Waals surface area contributed by atoms with Gasteiger partial charge in [0.05, 0.1) is 18.7 Å². The second-order valence-electron chi connectivity index (χ2n) is 6.36. The number of fused-ring (bicyclic) bond motifs is 1. The molecule has 134 valence electrons. The van der Waals surface area contributed by atoms with Crippen LogP contribution >= 0.6 is 0 Å². The normalized spacial score (nSPS) is 10.9. The number of hydrogen-bond acceptors (Lipinski definition) is 5. The average Bonchev–Trinajstić information content (AvgIpc) is 2.69. The lowest BCUT2D eigenvalue weighted by Crippen LogP contribution is -2.22. The number of aromatic nitrogens is 4. The van der Waals surface area contributed by atoms with Crippen molar-refractivity contribution < 1.29 is 4.74 Å². The first-order valence-electron chi connectivity index (χ1n) is 8.53. The summed E-state index contributed by atoms with van der Waals surface area (Å²) in [5, 5.41) is 5.59. The van der Waals surface area contributed by atoms with Crippen LogP contribution in [0.2, 0.25) is 0 Å². The van der Waals surface area contributed by atoms with Crippen LogP contribution in [-0.4, -0.2) is 26.9 Å². The van der Waals surface area contributed by atoms with Gasteiger partial charge in [-0.15, -0.1) is 0 Å². The first kappa shape index (κ1) is 16.9. The van der Waals surface area contributed by atoms with Crippen LogP contribution in [0, 0.1) is 13.8 Å². The highest BCUT2D eigenvalue weighted by Gasteiger charge is 2.11. The van der Waals surface area contributed by atoms with Gasteiger partial charge >= 0.3 is 0 Å². The molecule has 4 aromatic rings. The van der Waals surface area contributed by atoms with Crippen LogP contribution in [0.3, 0.4) is 0 Å². The quantitative estimate of drug-likeness (QED) is 0.561. The summed E-state index contributed by atoms with van der Waals surface area (Å²) in [6, 6.07) is 11.6. The smallest absolute Gasteiger partial charge is 0.282 e. The maximum absolute atomic E-state index is 12.8. The van der Waals surface area contributed by atoms with E-state index < -0.39 is 0 Å². The molecule has 0 atom stereocenters. The molecule has 0 N–H and O–H groups in total. The van der Waals surface area contributed by atoms with E-state index in [4.69, 9.17) is 4.74 Å². The second-order valence-corrected chi connectivity index (χ2v) is 6.36. The van der Waals surface area contributed by atoms with Crippen molar-refractivity contribution in [2.45, 2.75) is 13.8 Å². The van der Waals surface area contributed by atoms with E-state index in [1.807, 2.05) is 50.2 Å². The van der Waals surface area contributed by atoms with Crippen molar-refractivity contribution in [2.24, 2.45) is 0 Å².